The first-order valence-electron chi connectivity index (χ1n) is 6.27. The minimum Gasteiger partial charge on any atom is -0.355 e. The lowest BCUT2D eigenvalue weighted by molar-refractivity contribution is -0.123. The Kier molecular flexibility index (Phi) is 3.78. The molecule has 5 heteroatoms. The summed E-state index contributed by atoms with van der Waals surface area (Å²) in [5.41, 5.74) is 1.11. The standard InChI is InChI=1S/C12H20N4O/c1-3-14-12(17)9(2)16-8-13-7-11(16)10-5-4-6-15-10/h7-10,15H,3-6H2,1-2H3,(H,14,17)/t9?,10-/m0/s1. The van der Waals surface area contributed by atoms with Gasteiger partial charge in [0, 0.05) is 18.8 Å². The van der Waals surface area contributed by atoms with E-state index in [0.29, 0.717) is 12.6 Å². The van der Waals surface area contributed by atoms with Crippen molar-refractivity contribution in [1.82, 2.24) is 20.2 Å². The fourth-order valence-corrected chi connectivity index (χ4v) is 2.29. The average Bonchev–Trinajstić information content (AvgIpc) is 2.98. The predicted octanol–water partition coefficient (Wildman–Crippen LogP) is 1.00. The van der Waals surface area contributed by atoms with Crippen molar-refractivity contribution in [3.63, 3.8) is 0 Å². The molecule has 0 radical (unpaired) electrons. The van der Waals surface area contributed by atoms with Crippen LogP contribution in [0.2, 0.25) is 0 Å². The number of hydrogen-bond donors (Lipinski definition) is 2. The molecule has 1 unspecified atom stereocenters. The normalized spacial score (nSPS) is 21.4. The Hall–Kier alpha value is -1.36. The van der Waals surface area contributed by atoms with Gasteiger partial charge in [-0.25, -0.2) is 4.98 Å². The number of imidazole rings is 1. The Morgan fingerprint density at radius 2 is 2.59 bits per heavy atom. The minimum absolute atomic E-state index is 0.0461. The smallest absolute Gasteiger partial charge is 0.242 e. The van der Waals surface area contributed by atoms with Crippen molar-refractivity contribution >= 4 is 5.91 Å². The first kappa shape index (κ1) is 12.1. The van der Waals surface area contributed by atoms with E-state index in [2.05, 4.69) is 15.6 Å². The van der Waals surface area contributed by atoms with Crippen molar-refractivity contribution in [3.05, 3.63) is 18.2 Å². The van der Waals surface area contributed by atoms with Crippen LogP contribution in [0.3, 0.4) is 0 Å². The molecule has 0 spiro atoms. The number of carbonyl (C=O) groups is 1. The molecule has 2 atom stereocenters. The van der Waals surface area contributed by atoms with Gasteiger partial charge in [0.15, 0.2) is 0 Å². The van der Waals surface area contributed by atoms with Crippen LogP contribution in [0, 0.1) is 0 Å². The van der Waals surface area contributed by atoms with Crippen LogP contribution in [-0.4, -0.2) is 28.5 Å². The maximum absolute atomic E-state index is 11.8. The van der Waals surface area contributed by atoms with Gasteiger partial charge in [0.05, 0.1) is 12.0 Å². The van der Waals surface area contributed by atoms with Crippen LogP contribution < -0.4 is 10.6 Å². The topological polar surface area (TPSA) is 59.0 Å². The van der Waals surface area contributed by atoms with Gasteiger partial charge in [-0.2, -0.15) is 0 Å². The van der Waals surface area contributed by atoms with E-state index < -0.39 is 0 Å². The Bertz CT molecular complexity index is 382. The summed E-state index contributed by atoms with van der Waals surface area (Å²) >= 11 is 0. The molecule has 1 aromatic heterocycles. The van der Waals surface area contributed by atoms with Gasteiger partial charge in [0.1, 0.15) is 6.04 Å². The molecule has 17 heavy (non-hydrogen) atoms. The minimum atomic E-state index is -0.199. The highest BCUT2D eigenvalue weighted by Crippen LogP contribution is 2.24. The van der Waals surface area contributed by atoms with Crippen molar-refractivity contribution in [3.8, 4) is 0 Å². The molecule has 0 aromatic carbocycles. The van der Waals surface area contributed by atoms with E-state index in [4.69, 9.17) is 0 Å². The van der Waals surface area contributed by atoms with Gasteiger partial charge in [0.2, 0.25) is 5.91 Å². The van der Waals surface area contributed by atoms with Crippen LogP contribution in [0.25, 0.3) is 0 Å². The first-order valence-corrected chi connectivity index (χ1v) is 6.27. The Morgan fingerprint density at radius 3 is 3.24 bits per heavy atom. The summed E-state index contributed by atoms with van der Waals surface area (Å²) in [7, 11) is 0. The third-order valence-electron chi connectivity index (χ3n) is 3.26. The lowest BCUT2D eigenvalue weighted by atomic mass is 10.1. The molecule has 0 bridgehead atoms. The SMILES string of the molecule is CCNC(=O)C(C)n1cncc1[C@@H]1CCCN1. The third-order valence-corrected chi connectivity index (χ3v) is 3.26. The molecule has 0 aliphatic carbocycles. The summed E-state index contributed by atoms with van der Waals surface area (Å²) in [6, 6.07) is 0.143. The fraction of sp³-hybridized carbons (Fsp3) is 0.667. The second-order valence-corrected chi connectivity index (χ2v) is 4.45. The summed E-state index contributed by atoms with van der Waals surface area (Å²) in [4.78, 5) is 16.0. The van der Waals surface area contributed by atoms with Crippen LogP contribution >= 0.6 is 0 Å². The molecule has 2 heterocycles. The summed E-state index contributed by atoms with van der Waals surface area (Å²) in [5, 5.41) is 6.28. The maximum Gasteiger partial charge on any atom is 0.242 e. The molecule has 1 aliphatic heterocycles. The third kappa shape index (κ3) is 2.49. The van der Waals surface area contributed by atoms with Crippen molar-refractivity contribution < 1.29 is 4.79 Å². The van der Waals surface area contributed by atoms with Gasteiger partial charge in [-0.1, -0.05) is 0 Å². The highest BCUT2D eigenvalue weighted by atomic mass is 16.2. The second kappa shape index (κ2) is 5.31. The van der Waals surface area contributed by atoms with Gasteiger partial charge in [-0.3, -0.25) is 4.79 Å². The first-order chi connectivity index (χ1) is 8.24. The van der Waals surface area contributed by atoms with Crippen molar-refractivity contribution in [2.24, 2.45) is 0 Å². The fourth-order valence-electron chi connectivity index (χ4n) is 2.29. The van der Waals surface area contributed by atoms with E-state index in [9.17, 15) is 4.79 Å². The summed E-state index contributed by atoms with van der Waals surface area (Å²) in [6.07, 6.45) is 5.91. The number of hydrogen-bond acceptors (Lipinski definition) is 3. The van der Waals surface area contributed by atoms with Gasteiger partial charge in [-0.15, -0.1) is 0 Å². The molecular formula is C12H20N4O. The molecule has 1 saturated heterocycles. The molecule has 1 amide bonds. The number of aromatic nitrogens is 2. The van der Waals surface area contributed by atoms with Gasteiger partial charge < -0.3 is 15.2 Å². The van der Waals surface area contributed by atoms with Crippen molar-refractivity contribution in [2.75, 3.05) is 13.1 Å². The van der Waals surface area contributed by atoms with Crippen LogP contribution in [0.4, 0.5) is 0 Å². The quantitative estimate of drug-likeness (QED) is 0.820. The van der Waals surface area contributed by atoms with Gasteiger partial charge >= 0.3 is 0 Å². The Labute approximate surface area is 102 Å². The zero-order valence-corrected chi connectivity index (χ0v) is 10.4. The Balaban J connectivity index is 2.15. The molecule has 0 saturated carbocycles. The monoisotopic (exact) mass is 236 g/mol. The molecule has 1 fully saturated rings. The van der Waals surface area contributed by atoms with E-state index in [0.717, 1.165) is 18.7 Å². The number of nitrogens with one attached hydrogen (secondary N) is 2. The lowest BCUT2D eigenvalue weighted by Crippen LogP contribution is -2.32. The molecule has 2 N–H and O–H groups in total. The van der Waals surface area contributed by atoms with E-state index in [-0.39, 0.29) is 11.9 Å². The van der Waals surface area contributed by atoms with Crippen LogP contribution in [0.15, 0.2) is 12.5 Å². The van der Waals surface area contributed by atoms with Gasteiger partial charge in [-0.05, 0) is 33.2 Å². The molecular weight excluding hydrogens is 216 g/mol. The molecule has 2 rings (SSSR count). The average molecular weight is 236 g/mol. The highest BCUT2D eigenvalue weighted by molar-refractivity contribution is 5.79. The van der Waals surface area contributed by atoms with Crippen molar-refractivity contribution in [1.29, 1.82) is 0 Å². The highest BCUT2D eigenvalue weighted by Gasteiger charge is 2.23. The summed E-state index contributed by atoms with van der Waals surface area (Å²) in [6.45, 7) is 5.54. The molecule has 94 valence electrons. The number of rotatable bonds is 4. The summed E-state index contributed by atoms with van der Waals surface area (Å²) in [5.74, 6) is 0.0461. The largest absolute Gasteiger partial charge is 0.355 e. The predicted molar refractivity (Wildman–Crippen MR) is 65.6 cm³/mol. The number of likely N-dealkylation sites (N-methyl/N-ethyl adjacent to an activating group) is 1. The van der Waals surface area contributed by atoms with Crippen LogP contribution in [0.5, 0.6) is 0 Å². The molecule has 1 aliphatic rings. The second-order valence-electron chi connectivity index (χ2n) is 4.45. The Morgan fingerprint density at radius 1 is 1.76 bits per heavy atom. The molecule has 5 nitrogen and oxygen atoms in total. The molecule has 1 aromatic rings. The summed E-state index contributed by atoms with van der Waals surface area (Å²) < 4.78 is 1.97. The van der Waals surface area contributed by atoms with E-state index in [1.54, 1.807) is 6.33 Å². The van der Waals surface area contributed by atoms with E-state index >= 15 is 0 Å². The zero-order chi connectivity index (χ0) is 12.3. The zero-order valence-electron chi connectivity index (χ0n) is 10.4. The number of amides is 1. The number of carbonyl (C=O) groups excluding carboxylic acids is 1. The van der Waals surface area contributed by atoms with E-state index in [1.807, 2.05) is 24.6 Å². The van der Waals surface area contributed by atoms with Crippen LogP contribution in [0.1, 0.15) is 44.5 Å². The lowest BCUT2D eigenvalue weighted by Gasteiger charge is -2.19. The number of nitrogens with zero attached hydrogens (tertiary/aromatic N) is 2. The maximum atomic E-state index is 11.8. The van der Waals surface area contributed by atoms with E-state index in [1.165, 1.54) is 6.42 Å². The van der Waals surface area contributed by atoms with Crippen molar-refractivity contribution in [2.45, 2.75) is 38.8 Å². The van der Waals surface area contributed by atoms with Gasteiger partial charge in [0.25, 0.3) is 0 Å². The van der Waals surface area contributed by atoms with Crippen LogP contribution in [-0.2, 0) is 4.79 Å².